The number of hydrogen-bond acceptors (Lipinski definition) is 8. The van der Waals surface area contributed by atoms with Crippen LogP contribution in [-0.4, -0.2) is 167 Å². The number of carboxylic acids is 7. The van der Waals surface area contributed by atoms with Gasteiger partial charge in [0, 0.05) is 6.92 Å². The van der Waals surface area contributed by atoms with Crippen molar-refractivity contribution in [2.75, 3.05) is 0 Å². The minimum atomic E-state index is -1.82. The Hall–Kier alpha value is 0.713. The van der Waals surface area contributed by atoms with Gasteiger partial charge >= 0.3 is 141 Å². The first-order chi connectivity index (χ1) is 32.5. The minimum absolute atomic E-state index is 0. The molecule has 79 heavy (non-hydrogen) atoms. The van der Waals surface area contributed by atoms with Crippen LogP contribution >= 0.6 is 97.9 Å². The molecule has 0 unspecified atom stereocenters. The van der Waals surface area contributed by atoms with E-state index in [-0.39, 0.29) is 127 Å². The Morgan fingerprint density at radius 2 is 0.468 bits per heavy atom. The first kappa shape index (κ1) is 122. The summed E-state index contributed by atoms with van der Waals surface area (Å²) in [7, 11) is 14.4. The second-order valence-corrected chi connectivity index (χ2v) is 20.6. The van der Waals surface area contributed by atoms with Crippen molar-refractivity contribution in [3.63, 3.8) is 0 Å². The Morgan fingerprint density at radius 3 is 0.494 bits per heavy atom. The molecule has 27 nitrogen and oxygen atoms in total. The van der Waals surface area contributed by atoms with E-state index in [4.69, 9.17) is 190 Å². The molecule has 0 aromatic carbocycles. The van der Waals surface area contributed by atoms with Gasteiger partial charge in [-0.05, 0) is 6.58 Å². The summed E-state index contributed by atoms with van der Waals surface area (Å²) in [5, 5.41) is 60.9. The molecule has 4 aliphatic rings. The zero-order valence-corrected chi connectivity index (χ0v) is 57.4. The van der Waals surface area contributed by atoms with Gasteiger partial charge in [-0.3, -0.25) is 4.79 Å². The number of carbonyl (C=O) groups is 7. The van der Waals surface area contributed by atoms with Crippen LogP contribution < -0.4 is 0 Å². The van der Waals surface area contributed by atoms with E-state index in [1.165, 1.54) is 0 Å². The normalized spacial score (nSPS) is 20.0. The summed E-state index contributed by atoms with van der Waals surface area (Å²) in [4.78, 5) is 61.0. The van der Waals surface area contributed by atoms with Gasteiger partial charge in [-0.15, -0.1) is 48.3 Å². The topological polar surface area (TPSA) is 598 Å². The number of hydrogen-bond donors (Lipinski definition) is 8. The Bertz CT molecular complexity index is 1160. The number of nitrogens with one attached hydrogen (secondary N) is 8. The SMILES string of the molecule is C.C=C(O)C(=O)O.CC(=O)O.O.O.O.O.O=C(O)C(=O)O.O=C(O)C(Cl)Cl.O=C(O)C(Cl)Cl.O=C(O)C(Cl)Cl.[CH3-].[Cl][Pt+2][Cl].[Cl][Pt].[NH-]C1CCC([NH-])CC1.[NH-]C1CCC([NH-])CC1.[NH-]C1CCC([NH-])CC1.[NH-]C1CCC([NH-])CC1.[Pt+2].[Pt+2]. The number of carboxylic acid groups (broad SMARTS) is 7. The fraction of sp³-hybridized carbons (Fsp3) is 0.744. The average molecular weight is 2060 g/mol. The van der Waals surface area contributed by atoms with Crippen LogP contribution in [-0.2, 0) is 111 Å². The number of aliphatic hydroxyl groups excluding tert-OH is 1. The fourth-order valence-electron chi connectivity index (χ4n) is 4.37. The van der Waals surface area contributed by atoms with Crippen LogP contribution in [0.5, 0.6) is 0 Å². The molecular weight excluding hydrogens is 1980 g/mol. The Morgan fingerprint density at radius 1 is 0.405 bits per heavy atom. The van der Waals surface area contributed by atoms with Crippen LogP contribution in [0.15, 0.2) is 12.3 Å². The monoisotopic (exact) mass is 2060 g/mol. The van der Waals surface area contributed by atoms with E-state index in [9.17, 15) is 19.2 Å². The van der Waals surface area contributed by atoms with Crippen molar-refractivity contribution in [3.8, 4) is 0 Å². The molecule has 0 bridgehead atoms. The molecule has 495 valence electrons. The van der Waals surface area contributed by atoms with Gasteiger partial charge in [-0.25, -0.2) is 28.8 Å². The summed E-state index contributed by atoms with van der Waals surface area (Å²) in [5.74, 6) is -10.3. The second-order valence-electron chi connectivity index (χ2n) is 14.0. The van der Waals surface area contributed by atoms with E-state index in [1.54, 1.807) is 18.8 Å². The summed E-state index contributed by atoms with van der Waals surface area (Å²) in [6.07, 6.45) is 15.2. The van der Waals surface area contributed by atoms with Crippen molar-refractivity contribution < 1.29 is 174 Å². The molecule has 0 radical (unpaired) electrons. The van der Waals surface area contributed by atoms with Gasteiger partial charge in [0.15, 0.2) is 5.76 Å². The number of aliphatic hydroxyl groups is 1. The van der Waals surface area contributed by atoms with Gasteiger partial charge < -0.3 is 116 Å². The molecule has 0 spiro atoms. The van der Waals surface area contributed by atoms with Gasteiger partial charge in [0.05, 0.1) is 0 Å². The molecule has 0 aromatic heterocycles. The molecule has 4 rings (SSSR count). The molecule has 4 aliphatic carbocycles. The molecule has 0 saturated heterocycles. The Kier molecular flexibility index (Phi) is 131. The summed E-state index contributed by atoms with van der Waals surface area (Å²) >= 11 is 29.8. The van der Waals surface area contributed by atoms with Gasteiger partial charge in [-0.2, -0.15) is 0 Å². The molecule has 0 aliphatic heterocycles. The van der Waals surface area contributed by atoms with Crippen molar-refractivity contribution >= 4 is 140 Å². The third-order valence-electron chi connectivity index (χ3n) is 7.90. The third kappa shape index (κ3) is 126. The van der Waals surface area contributed by atoms with Crippen LogP contribution in [0, 0.1) is 7.43 Å². The van der Waals surface area contributed by atoms with Gasteiger partial charge in [0.2, 0.25) is 14.5 Å². The minimum Gasteiger partial charge on any atom is -0.675 e. The van der Waals surface area contributed by atoms with Crippen LogP contribution in [0.25, 0.3) is 45.9 Å². The molecule has 0 atom stereocenters. The van der Waals surface area contributed by atoms with Crippen LogP contribution in [0.4, 0.5) is 0 Å². The number of aliphatic carboxylic acids is 7. The summed E-state index contributed by atoms with van der Waals surface area (Å²) in [6.45, 7) is 3.79. The maximum atomic E-state index is 9.44. The van der Waals surface area contributed by atoms with E-state index in [2.05, 4.69) is 16.0 Å². The van der Waals surface area contributed by atoms with Crippen molar-refractivity contribution in [1.29, 1.82) is 0 Å². The van der Waals surface area contributed by atoms with Crippen molar-refractivity contribution in [2.45, 2.75) is 180 Å². The zero-order valence-electron chi connectivity index (χ0n) is 41.5. The second kappa shape index (κ2) is 85.2. The van der Waals surface area contributed by atoms with E-state index in [1.807, 2.05) is 0 Å². The maximum Gasteiger partial charge on any atom is 2.00 e. The molecule has 40 heteroatoms. The van der Waals surface area contributed by atoms with Crippen molar-refractivity contribution in [2.24, 2.45) is 0 Å². The van der Waals surface area contributed by atoms with Gasteiger partial charge in [-0.1, -0.05) is 180 Å². The number of halogens is 9. The summed E-state index contributed by atoms with van der Waals surface area (Å²) < 4.78 is 0. The number of alkyl halides is 6. The first-order valence-electron chi connectivity index (χ1n) is 19.9. The van der Waals surface area contributed by atoms with Gasteiger partial charge in [0.1, 0.15) is 0 Å². The average Bonchev–Trinajstić information content (AvgIpc) is 3.27. The summed E-state index contributed by atoms with van der Waals surface area (Å²) in [6, 6.07) is 1.20. The molecule has 0 aromatic rings. The Balaban J connectivity index is -0.0000000393. The predicted octanol–water partition coefficient (Wildman–Crippen LogP) is 11.5. The Labute approximate surface area is 553 Å². The molecule has 4 saturated carbocycles. The van der Waals surface area contributed by atoms with Crippen LogP contribution in [0.1, 0.15) is 117 Å². The quantitative estimate of drug-likeness (QED) is 0.0426. The third-order valence-corrected chi connectivity index (χ3v) is 9.02. The van der Waals surface area contributed by atoms with E-state index >= 15 is 0 Å². The maximum absolute atomic E-state index is 9.44. The first-order valence-corrected chi connectivity index (χ1v) is 31.0. The fourth-order valence-corrected chi connectivity index (χ4v) is 4.37. The van der Waals surface area contributed by atoms with Gasteiger partial charge in [0.25, 0.3) is 5.97 Å². The summed E-state index contributed by atoms with van der Waals surface area (Å²) in [5.41, 5.74) is 58.2. The molecule has 0 amide bonds. The predicted molar refractivity (Wildman–Crippen MR) is 301 cm³/mol. The van der Waals surface area contributed by atoms with Crippen LogP contribution in [0.3, 0.4) is 0 Å². The van der Waals surface area contributed by atoms with Crippen molar-refractivity contribution in [3.05, 3.63) is 65.6 Å². The molecule has 4 fully saturated rings. The van der Waals surface area contributed by atoms with E-state index < -0.39 is 78.5 Å². The molecular formula is C39H79Cl9N8O19Pt4-3. The molecule has 0 heterocycles. The van der Waals surface area contributed by atoms with E-state index in [0.29, 0.717) is 0 Å². The van der Waals surface area contributed by atoms with Crippen molar-refractivity contribution in [1.82, 2.24) is 0 Å². The standard InChI is InChI=1S/4C6H12N2.C3H4O3.3C2H2Cl2O2.C2H2O4.C2H4O2.CH4.CH3.3ClH.4H2O.4Pt/c4*7-5-1-2-6(8)4-3-5;1-2(4)3(5)6;4*3-1(4)2(5)6;1-2(3)4;;;;;;;;;;;;;/h4*5-8H,1-4H2;4H,1H2,(H,5,6);3*1H,(H,5,6);(H,3,4)(H,5,6);1H3,(H,3,4);1H4;1H3;3*1H;4*1H2;;;;/q4*-2;;;;;;;;-1;;;;;;;;+1;2*+2;+4/p-3. The van der Waals surface area contributed by atoms with Crippen LogP contribution in [0.2, 0.25) is 0 Å². The van der Waals surface area contributed by atoms with E-state index in [0.717, 1.165) is 110 Å². The zero-order chi connectivity index (χ0) is 58.0. The smallest absolute Gasteiger partial charge is 0.675 e. The number of rotatable bonds is 4. The largest absolute Gasteiger partial charge is 2.00 e. The molecule has 24 N–H and O–H groups in total.